The predicted molar refractivity (Wildman–Crippen MR) is 58.9 cm³/mol. The van der Waals surface area contributed by atoms with Gasteiger partial charge in [0.1, 0.15) is 11.8 Å². The fourth-order valence-electron chi connectivity index (χ4n) is 2.20. The van der Waals surface area contributed by atoms with Gasteiger partial charge in [-0.3, -0.25) is 14.6 Å². The third-order valence-electron chi connectivity index (χ3n) is 2.96. The smallest absolute Gasteiger partial charge is 0.182 e. The Morgan fingerprint density at radius 3 is 2.25 bits per heavy atom. The quantitative estimate of drug-likeness (QED) is 0.699. The molecule has 0 saturated carbocycles. The Kier molecular flexibility index (Phi) is 1.89. The third kappa shape index (κ3) is 1.13. The molecule has 2 aliphatic rings. The zero-order chi connectivity index (χ0) is 11.1. The average molecular weight is 214 g/mol. The second-order valence-corrected chi connectivity index (χ2v) is 3.90. The molecular formula is C12H10N2O2. The highest BCUT2D eigenvalue weighted by atomic mass is 16.2. The number of aliphatic imine (C=N–C) groups is 1. The number of nitrogens with zero attached hydrogens (tertiary/aromatic N) is 1. The standard InChI is InChI=1S/C12H10N2O2/c15-10-7-3-1-2-4-8(7)11(16)9(10)12-13-5-6-14-12/h1-4,9H,5-6H2,(H,13,14). The summed E-state index contributed by atoms with van der Waals surface area (Å²) in [6, 6.07) is 6.95. The molecule has 80 valence electrons. The molecule has 1 aliphatic heterocycles. The van der Waals surface area contributed by atoms with Gasteiger partial charge in [0.2, 0.25) is 0 Å². The van der Waals surface area contributed by atoms with Crippen LogP contribution in [0.5, 0.6) is 0 Å². The monoisotopic (exact) mass is 214 g/mol. The molecule has 0 aromatic heterocycles. The maximum atomic E-state index is 12.1. The summed E-state index contributed by atoms with van der Waals surface area (Å²) in [6.45, 7) is 1.35. The van der Waals surface area contributed by atoms with Crippen molar-refractivity contribution in [3.63, 3.8) is 0 Å². The summed E-state index contributed by atoms with van der Waals surface area (Å²) in [7, 11) is 0. The van der Waals surface area contributed by atoms with Crippen LogP contribution in [-0.2, 0) is 0 Å². The lowest BCUT2D eigenvalue weighted by Gasteiger charge is -2.06. The van der Waals surface area contributed by atoms with Gasteiger partial charge in [-0.25, -0.2) is 0 Å². The van der Waals surface area contributed by atoms with Crippen LogP contribution in [0, 0.1) is 5.92 Å². The Balaban J connectivity index is 2.07. The number of ketones is 2. The molecule has 0 atom stereocenters. The first-order valence-corrected chi connectivity index (χ1v) is 5.25. The van der Waals surface area contributed by atoms with E-state index in [1.165, 1.54) is 0 Å². The minimum absolute atomic E-state index is 0.131. The van der Waals surface area contributed by atoms with E-state index in [1.807, 2.05) is 0 Å². The number of amidine groups is 1. The molecule has 3 rings (SSSR count). The first-order chi connectivity index (χ1) is 7.79. The van der Waals surface area contributed by atoms with Crippen molar-refractivity contribution in [1.29, 1.82) is 0 Å². The minimum atomic E-state index is -0.722. The summed E-state index contributed by atoms with van der Waals surface area (Å²) in [4.78, 5) is 28.3. The second kappa shape index (κ2) is 3.27. The van der Waals surface area contributed by atoms with Crippen molar-refractivity contribution < 1.29 is 9.59 Å². The van der Waals surface area contributed by atoms with Gasteiger partial charge >= 0.3 is 0 Å². The number of hydrogen-bond donors (Lipinski definition) is 1. The first kappa shape index (κ1) is 9.27. The SMILES string of the molecule is O=C1c2ccccc2C(=O)C1C1=NCCN1. The van der Waals surface area contributed by atoms with Crippen LogP contribution in [0.4, 0.5) is 0 Å². The van der Waals surface area contributed by atoms with Gasteiger partial charge < -0.3 is 5.32 Å². The lowest BCUT2D eigenvalue weighted by atomic mass is 10.0. The fraction of sp³-hybridized carbons (Fsp3) is 0.250. The number of rotatable bonds is 1. The van der Waals surface area contributed by atoms with Crippen molar-refractivity contribution in [1.82, 2.24) is 5.32 Å². The molecule has 0 radical (unpaired) electrons. The lowest BCUT2D eigenvalue weighted by molar-refractivity contribution is 0.0882. The van der Waals surface area contributed by atoms with E-state index in [0.29, 0.717) is 30.1 Å². The largest absolute Gasteiger partial charge is 0.371 e. The van der Waals surface area contributed by atoms with E-state index in [9.17, 15) is 9.59 Å². The Bertz CT molecular complexity index is 485. The number of fused-ring (bicyclic) bond motifs is 1. The normalized spacial score (nSPS) is 19.6. The molecule has 1 aliphatic carbocycles. The zero-order valence-corrected chi connectivity index (χ0v) is 8.56. The van der Waals surface area contributed by atoms with Gasteiger partial charge in [0.25, 0.3) is 0 Å². The molecular weight excluding hydrogens is 204 g/mol. The van der Waals surface area contributed by atoms with Crippen molar-refractivity contribution in [2.45, 2.75) is 0 Å². The highest BCUT2D eigenvalue weighted by Crippen LogP contribution is 2.27. The molecule has 0 saturated heterocycles. The Morgan fingerprint density at radius 1 is 1.12 bits per heavy atom. The van der Waals surface area contributed by atoms with E-state index in [0.717, 1.165) is 0 Å². The summed E-state index contributed by atoms with van der Waals surface area (Å²) in [5.74, 6) is -0.450. The lowest BCUT2D eigenvalue weighted by Crippen LogP contribution is -2.33. The van der Waals surface area contributed by atoms with Crippen molar-refractivity contribution >= 4 is 17.4 Å². The number of hydrogen-bond acceptors (Lipinski definition) is 4. The summed E-state index contributed by atoms with van der Waals surface area (Å²) in [5, 5.41) is 3.00. The topological polar surface area (TPSA) is 58.5 Å². The van der Waals surface area contributed by atoms with E-state index >= 15 is 0 Å². The van der Waals surface area contributed by atoms with E-state index < -0.39 is 5.92 Å². The number of Topliss-reactive ketones (excluding diaryl/α,β-unsaturated/α-hetero) is 2. The van der Waals surface area contributed by atoms with Gasteiger partial charge in [-0.2, -0.15) is 0 Å². The van der Waals surface area contributed by atoms with Crippen molar-refractivity contribution in [2.24, 2.45) is 10.9 Å². The molecule has 4 nitrogen and oxygen atoms in total. The second-order valence-electron chi connectivity index (χ2n) is 3.90. The molecule has 16 heavy (non-hydrogen) atoms. The number of nitrogens with one attached hydrogen (secondary N) is 1. The molecule has 1 aromatic carbocycles. The van der Waals surface area contributed by atoms with Gasteiger partial charge in [-0.15, -0.1) is 0 Å². The van der Waals surface area contributed by atoms with Crippen LogP contribution in [0.25, 0.3) is 0 Å². The average Bonchev–Trinajstić information content (AvgIpc) is 2.89. The van der Waals surface area contributed by atoms with Gasteiger partial charge in [-0.05, 0) is 0 Å². The Morgan fingerprint density at radius 2 is 1.75 bits per heavy atom. The van der Waals surface area contributed by atoms with Crippen LogP contribution in [-0.4, -0.2) is 30.5 Å². The zero-order valence-electron chi connectivity index (χ0n) is 8.56. The summed E-state index contributed by atoms with van der Waals surface area (Å²) < 4.78 is 0. The van der Waals surface area contributed by atoms with Crippen LogP contribution in [0.15, 0.2) is 29.3 Å². The molecule has 1 heterocycles. The number of carbonyl (C=O) groups is 2. The molecule has 0 unspecified atom stereocenters. The van der Waals surface area contributed by atoms with Crippen molar-refractivity contribution in [3.05, 3.63) is 35.4 Å². The number of benzene rings is 1. The van der Waals surface area contributed by atoms with Crippen LogP contribution in [0.1, 0.15) is 20.7 Å². The Hall–Kier alpha value is -1.97. The van der Waals surface area contributed by atoms with E-state index in [1.54, 1.807) is 24.3 Å². The van der Waals surface area contributed by atoms with Crippen LogP contribution in [0.3, 0.4) is 0 Å². The van der Waals surface area contributed by atoms with Gasteiger partial charge in [0.05, 0.1) is 6.54 Å². The third-order valence-corrected chi connectivity index (χ3v) is 2.96. The van der Waals surface area contributed by atoms with E-state index in [-0.39, 0.29) is 11.6 Å². The minimum Gasteiger partial charge on any atom is -0.371 e. The summed E-state index contributed by atoms with van der Waals surface area (Å²) >= 11 is 0. The first-order valence-electron chi connectivity index (χ1n) is 5.25. The molecule has 1 aromatic rings. The fourth-order valence-corrected chi connectivity index (χ4v) is 2.20. The molecule has 1 N–H and O–H groups in total. The van der Waals surface area contributed by atoms with Gasteiger partial charge in [0.15, 0.2) is 11.6 Å². The molecule has 0 fully saturated rings. The summed E-state index contributed by atoms with van der Waals surface area (Å²) in [6.07, 6.45) is 0. The van der Waals surface area contributed by atoms with E-state index in [2.05, 4.69) is 10.3 Å². The number of carbonyl (C=O) groups excluding carboxylic acids is 2. The van der Waals surface area contributed by atoms with Crippen LogP contribution < -0.4 is 5.32 Å². The predicted octanol–water partition coefficient (Wildman–Crippen LogP) is 0.683. The maximum Gasteiger partial charge on any atom is 0.182 e. The highest BCUT2D eigenvalue weighted by molar-refractivity contribution is 6.36. The van der Waals surface area contributed by atoms with Gasteiger partial charge in [0, 0.05) is 17.7 Å². The van der Waals surface area contributed by atoms with Crippen molar-refractivity contribution in [2.75, 3.05) is 13.1 Å². The van der Waals surface area contributed by atoms with E-state index in [4.69, 9.17) is 0 Å². The molecule has 4 heteroatoms. The van der Waals surface area contributed by atoms with Crippen LogP contribution >= 0.6 is 0 Å². The van der Waals surface area contributed by atoms with Crippen molar-refractivity contribution in [3.8, 4) is 0 Å². The molecule has 0 spiro atoms. The summed E-state index contributed by atoms with van der Waals surface area (Å²) in [5.41, 5.74) is 1.04. The molecule has 0 bridgehead atoms. The van der Waals surface area contributed by atoms with Gasteiger partial charge in [-0.1, -0.05) is 24.3 Å². The Labute approximate surface area is 92.4 Å². The molecule has 0 amide bonds. The van der Waals surface area contributed by atoms with Crippen LogP contribution in [0.2, 0.25) is 0 Å². The maximum absolute atomic E-state index is 12.1. The highest BCUT2D eigenvalue weighted by Gasteiger charge is 2.42.